The molecule has 1 amide bonds. The van der Waals surface area contributed by atoms with Gasteiger partial charge < -0.3 is 5.32 Å². The summed E-state index contributed by atoms with van der Waals surface area (Å²) in [7, 11) is 0. The highest BCUT2D eigenvalue weighted by molar-refractivity contribution is 6.30. The molecule has 0 saturated carbocycles. The van der Waals surface area contributed by atoms with E-state index in [0.717, 1.165) is 34.1 Å². The number of amides is 1. The highest BCUT2D eigenvalue weighted by Crippen LogP contribution is 2.27. The molecule has 5 heteroatoms. The first kappa shape index (κ1) is 19.2. The molecule has 1 heterocycles. The number of carbonyl (C=O) groups is 1. The van der Waals surface area contributed by atoms with Crippen molar-refractivity contribution < 1.29 is 4.79 Å². The standard InChI is InChI=1S/C24H22ClN3O/c25-20-14-12-18(13-15-20)17-26-23(29)11-6-16-28-22-10-5-4-9-21(22)24(27-28)19-7-2-1-3-8-19/h1-5,7-10,12-15H,6,11,16-17H2,(H,26,29). The Morgan fingerprint density at radius 2 is 1.66 bits per heavy atom. The minimum absolute atomic E-state index is 0.0414. The van der Waals surface area contributed by atoms with Crippen molar-refractivity contribution in [3.63, 3.8) is 0 Å². The first-order valence-electron chi connectivity index (χ1n) is 9.73. The van der Waals surface area contributed by atoms with E-state index in [1.807, 2.05) is 59.3 Å². The van der Waals surface area contributed by atoms with Crippen LogP contribution in [-0.2, 0) is 17.9 Å². The summed E-state index contributed by atoms with van der Waals surface area (Å²) in [6.45, 7) is 1.21. The van der Waals surface area contributed by atoms with Gasteiger partial charge in [-0.3, -0.25) is 9.48 Å². The lowest BCUT2D eigenvalue weighted by atomic mass is 10.1. The Morgan fingerprint density at radius 3 is 2.45 bits per heavy atom. The number of fused-ring (bicyclic) bond motifs is 1. The SMILES string of the molecule is O=C(CCCn1nc(-c2ccccc2)c2ccccc21)NCc1ccc(Cl)cc1. The largest absolute Gasteiger partial charge is 0.352 e. The minimum Gasteiger partial charge on any atom is -0.352 e. The molecule has 0 bridgehead atoms. The maximum Gasteiger partial charge on any atom is 0.220 e. The van der Waals surface area contributed by atoms with Crippen molar-refractivity contribution in [2.24, 2.45) is 0 Å². The van der Waals surface area contributed by atoms with Gasteiger partial charge in [0.25, 0.3) is 0 Å². The fraction of sp³-hybridized carbons (Fsp3) is 0.167. The maximum atomic E-state index is 12.2. The zero-order valence-electron chi connectivity index (χ0n) is 16.0. The van der Waals surface area contributed by atoms with Crippen molar-refractivity contribution in [3.05, 3.63) is 89.4 Å². The number of carbonyl (C=O) groups excluding carboxylic acids is 1. The summed E-state index contributed by atoms with van der Waals surface area (Å²) < 4.78 is 2.00. The zero-order valence-corrected chi connectivity index (χ0v) is 16.8. The number of para-hydroxylation sites is 1. The van der Waals surface area contributed by atoms with Crippen LogP contribution in [0.15, 0.2) is 78.9 Å². The smallest absolute Gasteiger partial charge is 0.220 e. The third kappa shape index (κ3) is 4.66. The van der Waals surface area contributed by atoms with Crippen molar-refractivity contribution >= 4 is 28.4 Å². The van der Waals surface area contributed by atoms with E-state index in [1.165, 1.54) is 0 Å². The van der Waals surface area contributed by atoms with Crippen LogP contribution < -0.4 is 5.32 Å². The van der Waals surface area contributed by atoms with Crippen LogP contribution in [0.25, 0.3) is 22.2 Å². The van der Waals surface area contributed by atoms with Gasteiger partial charge >= 0.3 is 0 Å². The molecule has 146 valence electrons. The molecular weight excluding hydrogens is 382 g/mol. The van der Waals surface area contributed by atoms with Crippen molar-refractivity contribution in [3.8, 4) is 11.3 Å². The molecule has 0 fully saturated rings. The van der Waals surface area contributed by atoms with Gasteiger partial charge in [-0.15, -0.1) is 0 Å². The molecule has 1 N–H and O–H groups in total. The lowest BCUT2D eigenvalue weighted by Crippen LogP contribution is -2.22. The monoisotopic (exact) mass is 403 g/mol. The first-order chi connectivity index (χ1) is 14.2. The molecule has 3 aromatic carbocycles. The lowest BCUT2D eigenvalue weighted by Gasteiger charge is -2.06. The Balaban J connectivity index is 1.38. The topological polar surface area (TPSA) is 46.9 Å². The van der Waals surface area contributed by atoms with Gasteiger partial charge in [0.1, 0.15) is 5.69 Å². The molecule has 4 nitrogen and oxygen atoms in total. The predicted octanol–water partition coefficient (Wildman–Crippen LogP) is 5.45. The van der Waals surface area contributed by atoms with E-state index in [1.54, 1.807) is 0 Å². The van der Waals surface area contributed by atoms with Crippen LogP contribution in [0, 0.1) is 0 Å². The number of nitrogens with zero attached hydrogens (tertiary/aromatic N) is 2. The van der Waals surface area contributed by atoms with Gasteiger partial charge in [0.05, 0.1) is 5.52 Å². The summed E-state index contributed by atoms with van der Waals surface area (Å²) in [5.41, 5.74) is 4.21. The minimum atomic E-state index is 0.0414. The van der Waals surface area contributed by atoms with Crippen LogP contribution in [0.3, 0.4) is 0 Å². The van der Waals surface area contributed by atoms with E-state index in [9.17, 15) is 4.79 Å². The molecule has 0 aliphatic carbocycles. The Labute approximate surface area is 175 Å². The average molecular weight is 404 g/mol. The van der Waals surface area contributed by atoms with Gasteiger partial charge in [0.2, 0.25) is 5.91 Å². The summed E-state index contributed by atoms with van der Waals surface area (Å²) in [6, 6.07) is 25.9. The van der Waals surface area contributed by atoms with Crippen LogP contribution in [0.2, 0.25) is 5.02 Å². The highest BCUT2D eigenvalue weighted by atomic mass is 35.5. The summed E-state index contributed by atoms with van der Waals surface area (Å²) in [5, 5.41) is 9.62. The van der Waals surface area contributed by atoms with Crippen molar-refractivity contribution in [1.82, 2.24) is 15.1 Å². The van der Waals surface area contributed by atoms with E-state index in [0.29, 0.717) is 24.5 Å². The maximum absolute atomic E-state index is 12.2. The molecule has 4 rings (SSSR count). The van der Waals surface area contributed by atoms with E-state index >= 15 is 0 Å². The number of hydrogen-bond donors (Lipinski definition) is 1. The summed E-state index contributed by atoms with van der Waals surface area (Å²) >= 11 is 5.89. The molecule has 4 aromatic rings. The second-order valence-electron chi connectivity index (χ2n) is 6.96. The molecule has 0 spiro atoms. The van der Waals surface area contributed by atoms with Gasteiger partial charge in [0, 0.05) is 35.5 Å². The van der Waals surface area contributed by atoms with Crippen molar-refractivity contribution in [1.29, 1.82) is 0 Å². The van der Waals surface area contributed by atoms with Crippen LogP contribution >= 0.6 is 11.6 Å². The van der Waals surface area contributed by atoms with Crippen LogP contribution in [-0.4, -0.2) is 15.7 Å². The zero-order chi connectivity index (χ0) is 20.1. The highest BCUT2D eigenvalue weighted by Gasteiger charge is 2.12. The van der Waals surface area contributed by atoms with Crippen LogP contribution in [0.4, 0.5) is 0 Å². The number of halogens is 1. The molecule has 0 unspecified atom stereocenters. The summed E-state index contributed by atoms with van der Waals surface area (Å²) in [4.78, 5) is 12.2. The molecule has 0 radical (unpaired) electrons. The normalized spacial score (nSPS) is 10.9. The van der Waals surface area contributed by atoms with Gasteiger partial charge in [-0.1, -0.05) is 72.3 Å². The number of rotatable bonds is 7. The molecule has 0 aliphatic heterocycles. The number of benzene rings is 3. The Bertz CT molecular complexity index is 1100. The molecule has 0 aliphatic rings. The molecule has 0 atom stereocenters. The van der Waals surface area contributed by atoms with Crippen LogP contribution in [0.5, 0.6) is 0 Å². The average Bonchev–Trinajstić information content (AvgIpc) is 3.13. The second kappa shape index (κ2) is 8.93. The lowest BCUT2D eigenvalue weighted by molar-refractivity contribution is -0.121. The molecule has 29 heavy (non-hydrogen) atoms. The molecular formula is C24H22ClN3O. The number of nitrogens with one attached hydrogen (secondary N) is 1. The second-order valence-corrected chi connectivity index (χ2v) is 7.40. The summed E-state index contributed by atoms with van der Waals surface area (Å²) in [6.07, 6.45) is 1.19. The number of aryl methyl sites for hydroxylation is 1. The van der Waals surface area contributed by atoms with Crippen molar-refractivity contribution in [2.75, 3.05) is 0 Å². The summed E-state index contributed by atoms with van der Waals surface area (Å²) in [5.74, 6) is 0.0414. The van der Waals surface area contributed by atoms with Gasteiger partial charge in [0.15, 0.2) is 0 Å². The molecule has 0 saturated heterocycles. The fourth-order valence-corrected chi connectivity index (χ4v) is 3.51. The van der Waals surface area contributed by atoms with Gasteiger partial charge in [-0.2, -0.15) is 5.10 Å². The Morgan fingerprint density at radius 1 is 0.931 bits per heavy atom. The number of hydrogen-bond acceptors (Lipinski definition) is 2. The van der Waals surface area contributed by atoms with E-state index in [2.05, 4.69) is 29.6 Å². The Kier molecular flexibility index (Phi) is 5.92. The Hall–Kier alpha value is -3.11. The van der Waals surface area contributed by atoms with Gasteiger partial charge in [-0.25, -0.2) is 0 Å². The molecule has 1 aromatic heterocycles. The van der Waals surface area contributed by atoms with E-state index in [-0.39, 0.29) is 5.91 Å². The van der Waals surface area contributed by atoms with E-state index in [4.69, 9.17) is 16.7 Å². The van der Waals surface area contributed by atoms with E-state index < -0.39 is 0 Å². The third-order valence-corrected chi connectivity index (χ3v) is 5.13. The van der Waals surface area contributed by atoms with Crippen LogP contribution in [0.1, 0.15) is 18.4 Å². The fourth-order valence-electron chi connectivity index (χ4n) is 3.39. The van der Waals surface area contributed by atoms with Crippen molar-refractivity contribution in [2.45, 2.75) is 25.9 Å². The quantitative estimate of drug-likeness (QED) is 0.445. The predicted molar refractivity (Wildman–Crippen MR) is 118 cm³/mol. The van der Waals surface area contributed by atoms with Gasteiger partial charge in [-0.05, 0) is 30.2 Å². The number of aromatic nitrogens is 2. The third-order valence-electron chi connectivity index (χ3n) is 4.88. The first-order valence-corrected chi connectivity index (χ1v) is 10.1.